The van der Waals surface area contributed by atoms with Crippen LogP contribution in [0.15, 0.2) is 57.5 Å². The Morgan fingerprint density at radius 1 is 0.895 bits per heavy atom. The highest BCUT2D eigenvalue weighted by molar-refractivity contribution is 9.10. The second kappa shape index (κ2) is 4.85. The Bertz CT molecular complexity index is 629. The number of hydrogen-bond acceptors (Lipinski definition) is 4. The molecular formula is C14H10BrN3O. The number of anilines is 1. The zero-order chi connectivity index (χ0) is 13.2. The van der Waals surface area contributed by atoms with Gasteiger partial charge in [-0.25, -0.2) is 0 Å². The zero-order valence-electron chi connectivity index (χ0n) is 9.88. The van der Waals surface area contributed by atoms with Gasteiger partial charge in [-0.3, -0.25) is 0 Å². The van der Waals surface area contributed by atoms with Crippen molar-refractivity contribution in [2.45, 2.75) is 0 Å². The second-order valence-electron chi connectivity index (χ2n) is 4.05. The van der Waals surface area contributed by atoms with Crippen LogP contribution < -0.4 is 5.73 Å². The zero-order valence-corrected chi connectivity index (χ0v) is 11.5. The topological polar surface area (TPSA) is 64.9 Å². The van der Waals surface area contributed by atoms with Crippen molar-refractivity contribution in [2.24, 2.45) is 0 Å². The fourth-order valence-electron chi connectivity index (χ4n) is 1.68. The molecule has 2 aromatic carbocycles. The Labute approximate surface area is 118 Å². The van der Waals surface area contributed by atoms with Crippen molar-refractivity contribution < 1.29 is 4.52 Å². The van der Waals surface area contributed by atoms with Gasteiger partial charge in [0.05, 0.1) is 0 Å². The molecule has 0 saturated carbocycles. The largest absolute Gasteiger partial charge is 0.399 e. The van der Waals surface area contributed by atoms with Crippen LogP contribution in [0.3, 0.4) is 0 Å². The fourth-order valence-corrected chi connectivity index (χ4v) is 1.95. The third kappa shape index (κ3) is 2.51. The number of nitrogen functional groups attached to an aromatic ring is 1. The van der Waals surface area contributed by atoms with Crippen molar-refractivity contribution in [1.82, 2.24) is 10.1 Å². The van der Waals surface area contributed by atoms with Gasteiger partial charge in [-0.2, -0.15) is 4.98 Å². The second-order valence-corrected chi connectivity index (χ2v) is 4.97. The van der Waals surface area contributed by atoms with E-state index in [1.165, 1.54) is 0 Å². The van der Waals surface area contributed by atoms with E-state index in [1.807, 2.05) is 48.5 Å². The third-order valence-electron chi connectivity index (χ3n) is 2.69. The Morgan fingerprint density at radius 2 is 1.53 bits per heavy atom. The minimum atomic E-state index is 0.499. The van der Waals surface area contributed by atoms with Gasteiger partial charge in [-0.1, -0.05) is 21.1 Å². The monoisotopic (exact) mass is 315 g/mol. The van der Waals surface area contributed by atoms with Crippen LogP contribution in [0.2, 0.25) is 0 Å². The van der Waals surface area contributed by atoms with E-state index < -0.39 is 0 Å². The summed E-state index contributed by atoms with van der Waals surface area (Å²) in [4.78, 5) is 4.38. The molecule has 0 unspecified atom stereocenters. The summed E-state index contributed by atoms with van der Waals surface area (Å²) in [7, 11) is 0. The molecule has 0 atom stereocenters. The SMILES string of the molecule is Nc1ccc(-c2noc(-c3ccc(Br)cc3)n2)cc1. The predicted molar refractivity (Wildman–Crippen MR) is 77.3 cm³/mol. The molecule has 94 valence electrons. The van der Waals surface area contributed by atoms with Gasteiger partial charge in [0.25, 0.3) is 5.89 Å². The van der Waals surface area contributed by atoms with Crippen molar-refractivity contribution in [1.29, 1.82) is 0 Å². The quantitative estimate of drug-likeness (QED) is 0.731. The van der Waals surface area contributed by atoms with E-state index in [2.05, 4.69) is 26.1 Å². The molecule has 3 aromatic rings. The molecule has 0 aliphatic rings. The van der Waals surface area contributed by atoms with E-state index >= 15 is 0 Å². The Balaban J connectivity index is 1.95. The van der Waals surface area contributed by atoms with Gasteiger partial charge in [0.1, 0.15) is 0 Å². The summed E-state index contributed by atoms with van der Waals surface area (Å²) in [5.74, 6) is 1.05. The molecule has 4 nitrogen and oxygen atoms in total. The van der Waals surface area contributed by atoms with Crippen LogP contribution in [0.25, 0.3) is 22.8 Å². The molecular weight excluding hydrogens is 306 g/mol. The molecule has 1 heterocycles. The van der Waals surface area contributed by atoms with Gasteiger partial charge in [0.15, 0.2) is 0 Å². The number of hydrogen-bond donors (Lipinski definition) is 1. The van der Waals surface area contributed by atoms with E-state index in [1.54, 1.807) is 0 Å². The lowest BCUT2D eigenvalue weighted by molar-refractivity contribution is 0.432. The fraction of sp³-hybridized carbons (Fsp3) is 0. The molecule has 19 heavy (non-hydrogen) atoms. The van der Waals surface area contributed by atoms with Gasteiger partial charge in [0, 0.05) is 21.3 Å². The highest BCUT2D eigenvalue weighted by Gasteiger charge is 2.10. The standard InChI is InChI=1S/C14H10BrN3O/c15-11-5-1-10(2-6-11)14-17-13(18-19-14)9-3-7-12(16)8-4-9/h1-8H,16H2. The lowest BCUT2D eigenvalue weighted by Gasteiger charge is -1.95. The van der Waals surface area contributed by atoms with Crippen molar-refractivity contribution in [3.05, 3.63) is 53.0 Å². The van der Waals surface area contributed by atoms with Crippen LogP contribution in [-0.4, -0.2) is 10.1 Å². The summed E-state index contributed by atoms with van der Waals surface area (Å²) in [5.41, 5.74) is 8.12. The van der Waals surface area contributed by atoms with Crippen LogP contribution in [0.1, 0.15) is 0 Å². The number of halogens is 1. The first-order chi connectivity index (χ1) is 9.22. The smallest absolute Gasteiger partial charge is 0.258 e. The molecule has 0 aliphatic carbocycles. The van der Waals surface area contributed by atoms with Crippen molar-refractivity contribution in [3.63, 3.8) is 0 Å². The Morgan fingerprint density at radius 3 is 2.21 bits per heavy atom. The van der Waals surface area contributed by atoms with E-state index in [0.29, 0.717) is 17.4 Å². The van der Waals surface area contributed by atoms with Crippen molar-refractivity contribution in [3.8, 4) is 22.8 Å². The van der Waals surface area contributed by atoms with E-state index in [9.17, 15) is 0 Å². The number of nitrogens with zero attached hydrogens (tertiary/aromatic N) is 2. The van der Waals surface area contributed by atoms with Gasteiger partial charge in [-0.05, 0) is 48.5 Å². The number of benzene rings is 2. The maximum absolute atomic E-state index is 5.65. The molecule has 3 rings (SSSR count). The van der Waals surface area contributed by atoms with Gasteiger partial charge in [-0.15, -0.1) is 0 Å². The number of rotatable bonds is 2. The first kappa shape index (κ1) is 11.9. The summed E-state index contributed by atoms with van der Waals surface area (Å²) in [6, 6.07) is 15.1. The molecule has 5 heteroatoms. The molecule has 0 amide bonds. The molecule has 0 aliphatic heterocycles. The lowest BCUT2D eigenvalue weighted by Crippen LogP contribution is -1.85. The summed E-state index contributed by atoms with van der Waals surface area (Å²) in [6.07, 6.45) is 0. The molecule has 1 aromatic heterocycles. The van der Waals surface area contributed by atoms with Gasteiger partial charge in [0.2, 0.25) is 5.82 Å². The molecule has 0 saturated heterocycles. The summed E-state index contributed by atoms with van der Waals surface area (Å²) < 4.78 is 6.28. The van der Waals surface area contributed by atoms with Crippen molar-refractivity contribution in [2.75, 3.05) is 5.73 Å². The highest BCUT2D eigenvalue weighted by atomic mass is 79.9. The summed E-state index contributed by atoms with van der Waals surface area (Å²) >= 11 is 3.39. The average Bonchev–Trinajstić information content (AvgIpc) is 2.90. The van der Waals surface area contributed by atoms with Gasteiger partial charge < -0.3 is 10.3 Å². The normalized spacial score (nSPS) is 10.6. The van der Waals surface area contributed by atoms with Crippen LogP contribution >= 0.6 is 15.9 Å². The van der Waals surface area contributed by atoms with E-state index in [-0.39, 0.29) is 0 Å². The summed E-state index contributed by atoms with van der Waals surface area (Å²) in [6.45, 7) is 0. The van der Waals surface area contributed by atoms with Gasteiger partial charge >= 0.3 is 0 Å². The van der Waals surface area contributed by atoms with Crippen LogP contribution in [0.4, 0.5) is 5.69 Å². The van der Waals surface area contributed by atoms with E-state index in [0.717, 1.165) is 15.6 Å². The highest BCUT2D eigenvalue weighted by Crippen LogP contribution is 2.23. The first-order valence-electron chi connectivity index (χ1n) is 5.68. The average molecular weight is 316 g/mol. The number of nitrogens with two attached hydrogens (primary N) is 1. The number of aromatic nitrogens is 2. The van der Waals surface area contributed by atoms with Crippen LogP contribution in [0, 0.1) is 0 Å². The molecule has 0 fully saturated rings. The summed E-state index contributed by atoms with van der Waals surface area (Å²) in [5, 5.41) is 3.98. The molecule has 2 N–H and O–H groups in total. The molecule has 0 spiro atoms. The lowest BCUT2D eigenvalue weighted by atomic mass is 10.2. The predicted octanol–water partition coefficient (Wildman–Crippen LogP) is 3.75. The van der Waals surface area contributed by atoms with Crippen molar-refractivity contribution >= 4 is 21.6 Å². The minimum Gasteiger partial charge on any atom is -0.399 e. The molecule has 0 bridgehead atoms. The first-order valence-corrected chi connectivity index (χ1v) is 6.47. The third-order valence-corrected chi connectivity index (χ3v) is 3.21. The Kier molecular flexibility index (Phi) is 3.05. The molecule has 0 radical (unpaired) electrons. The van der Waals surface area contributed by atoms with Crippen LogP contribution in [0.5, 0.6) is 0 Å². The Hall–Kier alpha value is -2.14. The maximum Gasteiger partial charge on any atom is 0.258 e. The van der Waals surface area contributed by atoms with E-state index in [4.69, 9.17) is 10.3 Å². The maximum atomic E-state index is 5.65. The minimum absolute atomic E-state index is 0.499. The van der Waals surface area contributed by atoms with Crippen LogP contribution in [-0.2, 0) is 0 Å².